The number of hydrogen-bond acceptors (Lipinski definition) is 3. The van der Waals surface area contributed by atoms with Gasteiger partial charge in [0.1, 0.15) is 5.82 Å². The third-order valence-corrected chi connectivity index (χ3v) is 7.48. The first-order valence-corrected chi connectivity index (χ1v) is 13.1. The summed E-state index contributed by atoms with van der Waals surface area (Å²) in [6, 6.07) is 10.1. The molecule has 186 valence electrons. The number of benzene rings is 2. The predicted octanol–water partition coefficient (Wildman–Crippen LogP) is 6.51. The Kier molecular flexibility index (Phi) is 8.12. The van der Waals surface area contributed by atoms with Crippen molar-refractivity contribution in [3.8, 4) is 0 Å². The first-order chi connectivity index (χ1) is 16.8. The van der Waals surface area contributed by atoms with Gasteiger partial charge in [0.25, 0.3) is 5.91 Å². The number of amides is 2. The largest absolute Gasteiger partial charge is 0.348 e. The van der Waals surface area contributed by atoms with Gasteiger partial charge < -0.3 is 10.2 Å². The predicted molar refractivity (Wildman–Crippen MR) is 140 cm³/mol. The normalized spacial score (nSPS) is 18.1. The Morgan fingerprint density at radius 3 is 2.66 bits per heavy atom. The van der Waals surface area contributed by atoms with E-state index in [1.165, 1.54) is 23.1 Å². The molecule has 0 aliphatic heterocycles. The van der Waals surface area contributed by atoms with Crippen LogP contribution in [0.2, 0.25) is 5.02 Å². The lowest BCUT2D eigenvalue weighted by Crippen LogP contribution is -2.38. The van der Waals surface area contributed by atoms with Crippen LogP contribution in [0, 0.1) is 11.7 Å². The van der Waals surface area contributed by atoms with Gasteiger partial charge in [-0.05, 0) is 88.3 Å². The van der Waals surface area contributed by atoms with E-state index in [1.54, 1.807) is 0 Å². The summed E-state index contributed by atoms with van der Waals surface area (Å²) < 4.78 is 16.2. The lowest BCUT2D eigenvalue weighted by Gasteiger charge is -2.30. The van der Waals surface area contributed by atoms with Crippen LogP contribution in [0.5, 0.6) is 0 Å². The van der Waals surface area contributed by atoms with Crippen molar-refractivity contribution in [2.75, 3.05) is 11.4 Å². The van der Waals surface area contributed by atoms with Crippen LogP contribution in [0.1, 0.15) is 62.5 Å². The zero-order chi connectivity index (χ0) is 25.1. The Hall–Kier alpha value is -2.45. The number of nitrogens with zero attached hydrogens (tertiary/aromatic N) is 3. The van der Waals surface area contributed by atoms with Crippen LogP contribution in [0.3, 0.4) is 0 Å². The van der Waals surface area contributed by atoms with Gasteiger partial charge in [-0.1, -0.05) is 27.5 Å². The van der Waals surface area contributed by atoms with Gasteiger partial charge in [-0.2, -0.15) is 5.10 Å². The molecule has 1 aliphatic rings. The average molecular weight is 564 g/mol. The molecular formula is C26H29BrClFN4O2. The second kappa shape index (κ2) is 11.1. The zero-order valence-electron chi connectivity index (χ0n) is 19.8. The van der Waals surface area contributed by atoms with E-state index < -0.39 is 5.82 Å². The van der Waals surface area contributed by atoms with Gasteiger partial charge in [0.15, 0.2) is 5.69 Å². The highest BCUT2D eigenvalue weighted by molar-refractivity contribution is 9.10. The molecule has 4 rings (SSSR count). The fourth-order valence-electron chi connectivity index (χ4n) is 4.79. The molecule has 9 heteroatoms. The van der Waals surface area contributed by atoms with E-state index in [2.05, 4.69) is 26.3 Å². The summed E-state index contributed by atoms with van der Waals surface area (Å²) in [6.07, 6.45) is 5.24. The molecule has 0 unspecified atom stereocenters. The number of aromatic nitrogens is 2. The molecule has 1 N–H and O–H groups in total. The van der Waals surface area contributed by atoms with Crippen molar-refractivity contribution in [2.24, 2.45) is 5.92 Å². The SMILES string of the molecule is CC(C)n1nc(C(=O)N[C@H]2CC[C@@H](CCN(C=O)c3ccc(F)cc3Cl)CC2)c2ccc(Br)cc21. The number of carbonyl (C=O) groups is 2. The summed E-state index contributed by atoms with van der Waals surface area (Å²) in [4.78, 5) is 26.2. The van der Waals surface area contributed by atoms with Gasteiger partial charge in [0, 0.05) is 28.5 Å². The van der Waals surface area contributed by atoms with Crippen LogP contribution in [-0.2, 0) is 4.79 Å². The Labute approximate surface area is 217 Å². The second-order valence-electron chi connectivity index (χ2n) is 9.42. The van der Waals surface area contributed by atoms with Crippen molar-refractivity contribution in [1.29, 1.82) is 0 Å². The van der Waals surface area contributed by atoms with Crippen LogP contribution >= 0.6 is 27.5 Å². The molecule has 1 saturated carbocycles. The van der Waals surface area contributed by atoms with Gasteiger partial charge in [-0.25, -0.2) is 4.39 Å². The third kappa shape index (κ3) is 5.86. The van der Waals surface area contributed by atoms with Gasteiger partial charge in [0.2, 0.25) is 6.41 Å². The number of halogens is 3. The summed E-state index contributed by atoms with van der Waals surface area (Å²) in [5.74, 6) is -0.122. The van der Waals surface area contributed by atoms with Crippen molar-refractivity contribution in [3.63, 3.8) is 0 Å². The molecule has 0 saturated heterocycles. The fourth-order valence-corrected chi connectivity index (χ4v) is 5.41. The molecule has 35 heavy (non-hydrogen) atoms. The summed E-state index contributed by atoms with van der Waals surface area (Å²) >= 11 is 9.62. The Morgan fingerprint density at radius 2 is 2.00 bits per heavy atom. The zero-order valence-corrected chi connectivity index (χ0v) is 22.2. The van der Waals surface area contributed by atoms with Gasteiger partial charge >= 0.3 is 0 Å². The first-order valence-electron chi connectivity index (χ1n) is 11.9. The number of carbonyl (C=O) groups excluding carboxylic acids is 2. The quantitative estimate of drug-likeness (QED) is 0.318. The lowest BCUT2D eigenvalue weighted by molar-refractivity contribution is -0.107. The Bertz CT molecular complexity index is 1220. The molecule has 2 amide bonds. The number of anilines is 1. The van der Waals surface area contributed by atoms with Crippen molar-refractivity contribution in [2.45, 2.75) is 58.0 Å². The molecule has 0 radical (unpaired) electrons. The molecular weight excluding hydrogens is 535 g/mol. The van der Waals surface area contributed by atoms with Gasteiger partial charge in [-0.15, -0.1) is 0 Å². The van der Waals surface area contributed by atoms with Gasteiger partial charge in [0.05, 0.1) is 16.2 Å². The molecule has 1 fully saturated rings. The van der Waals surface area contributed by atoms with Crippen LogP contribution in [0.25, 0.3) is 10.9 Å². The van der Waals surface area contributed by atoms with E-state index in [1.807, 2.05) is 36.7 Å². The van der Waals surface area contributed by atoms with Gasteiger partial charge in [-0.3, -0.25) is 14.3 Å². The summed E-state index contributed by atoms with van der Waals surface area (Å²) in [6.45, 7) is 4.61. The molecule has 0 spiro atoms. The fraction of sp³-hybridized carbons (Fsp3) is 0.423. The molecule has 1 aliphatic carbocycles. The maximum atomic E-state index is 13.3. The molecule has 1 aromatic heterocycles. The number of hydrogen-bond donors (Lipinski definition) is 1. The molecule has 0 atom stereocenters. The van der Waals surface area contributed by atoms with Crippen molar-refractivity contribution < 1.29 is 14.0 Å². The van der Waals surface area contributed by atoms with Crippen LogP contribution in [0.15, 0.2) is 40.9 Å². The number of rotatable bonds is 8. The van der Waals surface area contributed by atoms with Crippen LogP contribution in [-0.4, -0.2) is 34.7 Å². The van der Waals surface area contributed by atoms with E-state index in [4.69, 9.17) is 11.6 Å². The molecule has 3 aromatic rings. The maximum Gasteiger partial charge on any atom is 0.272 e. The molecule has 1 heterocycles. The van der Waals surface area contributed by atoms with Crippen LogP contribution < -0.4 is 10.2 Å². The number of nitrogens with one attached hydrogen (secondary N) is 1. The smallest absolute Gasteiger partial charge is 0.272 e. The third-order valence-electron chi connectivity index (χ3n) is 6.68. The highest BCUT2D eigenvalue weighted by Gasteiger charge is 2.26. The van der Waals surface area contributed by atoms with E-state index >= 15 is 0 Å². The Morgan fingerprint density at radius 1 is 1.26 bits per heavy atom. The van der Waals surface area contributed by atoms with E-state index in [9.17, 15) is 14.0 Å². The second-order valence-corrected chi connectivity index (χ2v) is 10.7. The summed E-state index contributed by atoms with van der Waals surface area (Å²) in [7, 11) is 0. The van der Waals surface area contributed by atoms with Crippen LogP contribution in [0.4, 0.5) is 10.1 Å². The number of fused-ring (bicyclic) bond motifs is 1. The first kappa shape index (κ1) is 25.6. The van der Waals surface area contributed by atoms with E-state index in [-0.39, 0.29) is 23.0 Å². The van der Waals surface area contributed by atoms with Crippen molar-refractivity contribution in [3.05, 3.63) is 57.4 Å². The van der Waals surface area contributed by atoms with E-state index in [0.717, 1.165) is 53.9 Å². The summed E-state index contributed by atoms with van der Waals surface area (Å²) in [5, 5.41) is 8.88. The minimum Gasteiger partial charge on any atom is -0.348 e. The van der Waals surface area contributed by atoms with Crippen molar-refractivity contribution >= 4 is 56.4 Å². The molecule has 6 nitrogen and oxygen atoms in total. The summed E-state index contributed by atoms with van der Waals surface area (Å²) in [5.41, 5.74) is 1.91. The Balaban J connectivity index is 1.33. The minimum absolute atomic E-state index is 0.0992. The molecule has 2 aromatic carbocycles. The average Bonchev–Trinajstić information content (AvgIpc) is 3.20. The monoisotopic (exact) mass is 562 g/mol. The maximum absolute atomic E-state index is 13.3. The highest BCUT2D eigenvalue weighted by Crippen LogP contribution is 2.31. The highest BCUT2D eigenvalue weighted by atomic mass is 79.9. The standard InChI is InChI=1S/C26H29BrClFN4O2/c1-16(2)33-24-13-18(27)5-9-21(24)25(31-33)26(35)30-20-7-3-17(4-8-20)11-12-32(15-34)23-10-6-19(29)14-22(23)28/h5-6,9-10,13-17,20H,3-4,7-8,11-12H2,1-2H3,(H,30,35)/t17-,20+. The van der Waals surface area contributed by atoms with E-state index in [0.29, 0.717) is 23.8 Å². The van der Waals surface area contributed by atoms with Crippen molar-refractivity contribution in [1.82, 2.24) is 15.1 Å². The molecule has 0 bridgehead atoms. The lowest BCUT2D eigenvalue weighted by atomic mass is 9.84. The topological polar surface area (TPSA) is 67.2 Å². The minimum atomic E-state index is -0.429.